The molecule has 0 radical (unpaired) electrons. The van der Waals surface area contributed by atoms with Crippen LogP contribution in [0.15, 0.2) is 39.9 Å². The van der Waals surface area contributed by atoms with Crippen LogP contribution in [0.2, 0.25) is 61.3 Å². The van der Waals surface area contributed by atoms with Crippen molar-refractivity contribution in [3.63, 3.8) is 0 Å². The van der Waals surface area contributed by atoms with Crippen molar-refractivity contribution in [2.45, 2.75) is 116 Å². The van der Waals surface area contributed by atoms with Crippen molar-refractivity contribution in [1.82, 2.24) is 0 Å². The minimum absolute atomic E-state index is 0.771. The molecule has 2 aliphatic heterocycles. The normalized spacial score (nSPS) is 20.4. The quantitative estimate of drug-likeness (QED) is 0.235. The molecule has 2 rings (SSSR count). The van der Waals surface area contributed by atoms with Crippen LogP contribution in [0, 0.1) is 0 Å². The molecule has 0 bridgehead atoms. The van der Waals surface area contributed by atoms with E-state index in [-0.39, 0.29) is 0 Å². The van der Waals surface area contributed by atoms with Crippen molar-refractivity contribution in [2.75, 3.05) is 0 Å². The second-order valence-corrected chi connectivity index (χ2v) is 35.2. The van der Waals surface area contributed by atoms with Crippen molar-refractivity contribution in [1.29, 1.82) is 0 Å². The van der Waals surface area contributed by atoms with Gasteiger partial charge < -0.3 is 0 Å². The molecule has 0 aliphatic carbocycles. The molecule has 2 aliphatic rings. The van der Waals surface area contributed by atoms with Crippen LogP contribution in [0.5, 0.6) is 0 Å². The number of hydrogen-bond acceptors (Lipinski definition) is 0. The first kappa shape index (κ1) is 27.6. The summed E-state index contributed by atoms with van der Waals surface area (Å²) < 4.78 is 4.15. The van der Waals surface area contributed by atoms with Crippen LogP contribution >= 0.6 is 0 Å². The van der Waals surface area contributed by atoms with Gasteiger partial charge in [0.25, 0.3) is 0 Å². The predicted molar refractivity (Wildman–Crippen MR) is 157 cm³/mol. The zero-order chi connectivity index (χ0) is 23.8. The van der Waals surface area contributed by atoms with E-state index in [0.717, 1.165) is 13.4 Å². The van der Waals surface area contributed by atoms with Crippen molar-refractivity contribution in [2.24, 2.45) is 0 Å². The molecule has 0 aromatic carbocycles. The Balaban J connectivity index is 2.77. The van der Waals surface area contributed by atoms with Crippen LogP contribution in [0.4, 0.5) is 0 Å². The number of rotatable bonds is 10. The van der Waals surface area contributed by atoms with E-state index < -0.39 is 34.5 Å². The van der Waals surface area contributed by atoms with Gasteiger partial charge in [0.05, 0.1) is 0 Å². The summed E-state index contributed by atoms with van der Waals surface area (Å²) in [6.07, 6.45) is 7.67. The first-order valence-corrected chi connectivity index (χ1v) is 28.0. The summed E-state index contributed by atoms with van der Waals surface area (Å²) in [6.45, 7) is 26.8. The summed E-state index contributed by atoms with van der Waals surface area (Å²) >= 11 is -2.70. The van der Waals surface area contributed by atoms with Crippen LogP contribution in [0.25, 0.3) is 0 Å². The van der Waals surface area contributed by atoms with Crippen molar-refractivity contribution >= 4 is 48.0 Å². The molecule has 5 heteroatoms. The Kier molecular flexibility index (Phi) is 9.15. The van der Waals surface area contributed by atoms with Crippen LogP contribution in [-0.2, 0) is 0 Å². The summed E-state index contributed by atoms with van der Waals surface area (Å²) in [6, 6.07) is 0. The van der Waals surface area contributed by atoms with Gasteiger partial charge in [-0.15, -0.1) is 0 Å². The van der Waals surface area contributed by atoms with Gasteiger partial charge in [-0.2, -0.15) is 0 Å². The molecule has 0 saturated heterocycles. The Labute approximate surface area is 202 Å². The van der Waals surface area contributed by atoms with Gasteiger partial charge in [-0.05, 0) is 0 Å². The molecule has 0 N–H and O–H groups in total. The number of allylic oxidation sites excluding steroid dienone is 4. The molecule has 0 nitrogen and oxygen atoms in total. The van der Waals surface area contributed by atoms with Gasteiger partial charge in [0.2, 0.25) is 0 Å². The van der Waals surface area contributed by atoms with E-state index in [1.807, 2.05) is 11.1 Å². The predicted octanol–water partition coefficient (Wildman–Crippen LogP) is 8.79. The third-order valence-corrected chi connectivity index (χ3v) is 42.0. The average molecular weight is 559 g/mol. The fourth-order valence-electron chi connectivity index (χ4n) is 7.60. The zero-order valence-corrected chi connectivity index (χ0v) is 27.9. The molecule has 0 amide bonds. The molecule has 0 aromatic heterocycles. The third kappa shape index (κ3) is 4.92. The van der Waals surface area contributed by atoms with E-state index in [0.29, 0.717) is 0 Å². The Bertz CT molecular complexity index is 741. The second kappa shape index (κ2) is 10.3. The molecule has 0 fully saturated rings. The SMILES string of the molecule is CCB(CC)C1=C[Si](C)(C)[C]([Sn]([CH3])([CH3])[C]2=C(CC)C(B(CC)CC)=C[Si]2(C)C)=C1CC. The maximum atomic E-state index is 2.85. The van der Waals surface area contributed by atoms with Crippen molar-refractivity contribution < 1.29 is 0 Å². The Hall–Kier alpha value is 0.322. The Morgan fingerprint density at radius 2 is 0.903 bits per heavy atom. The molecule has 172 valence electrons. The van der Waals surface area contributed by atoms with Gasteiger partial charge in [-0.1, -0.05) is 0 Å². The molecule has 0 spiro atoms. The molecule has 31 heavy (non-hydrogen) atoms. The molecular formula is C26H50B2Si2Sn. The third-order valence-electron chi connectivity index (χ3n) is 8.43. The van der Waals surface area contributed by atoms with Crippen LogP contribution < -0.4 is 0 Å². The number of hydrogen-bond donors (Lipinski definition) is 0. The van der Waals surface area contributed by atoms with Crippen molar-refractivity contribution in [3.8, 4) is 0 Å². The van der Waals surface area contributed by atoms with E-state index in [9.17, 15) is 0 Å². The van der Waals surface area contributed by atoms with Gasteiger partial charge in [-0.3, -0.25) is 0 Å². The topological polar surface area (TPSA) is 0 Å². The summed E-state index contributed by atoms with van der Waals surface area (Å²) in [5.41, 5.74) is 13.0. The van der Waals surface area contributed by atoms with Gasteiger partial charge >= 0.3 is 204 Å². The molecule has 0 unspecified atom stereocenters. The Morgan fingerprint density at radius 3 is 1.13 bits per heavy atom. The molecule has 0 saturated carbocycles. The molecule has 2 heterocycles. The van der Waals surface area contributed by atoms with Crippen molar-refractivity contribution in [3.05, 3.63) is 39.9 Å². The summed E-state index contributed by atoms with van der Waals surface area (Å²) in [5, 5.41) is 0. The first-order valence-electron chi connectivity index (χ1n) is 13.3. The van der Waals surface area contributed by atoms with E-state index in [4.69, 9.17) is 0 Å². The van der Waals surface area contributed by atoms with Crippen LogP contribution in [-0.4, -0.2) is 48.0 Å². The maximum absolute atomic E-state index is 2.85. The van der Waals surface area contributed by atoms with Gasteiger partial charge in [0.15, 0.2) is 0 Å². The van der Waals surface area contributed by atoms with E-state index >= 15 is 0 Å². The average Bonchev–Trinajstić information content (AvgIpc) is 3.13. The van der Waals surface area contributed by atoms with E-state index in [1.165, 1.54) is 38.1 Å². The van der Waals surface area contributed by atoms with Crippen LogP contribution in [0.3, 0.4) is 0 Å². The monoisotopic (exact) mass is 560 g/mol. The first-order chi connectivity index (χ1) is 14.4. The summed E-state index contributed by atoms with van der Waals surface area (Å²) in [4.78, 5) is 5.64. The van der Waals surface area contributed by atoms with E-state index in [1.54, 1.807) is 10.9 Å². The molecule has 0 atom stereocenters. The van der Waals surface area contributed by atoms with Gasteiger partial charge in [0, 0.05) is 0 Å². The second-order valence-electron chi connectivity index (χ2n) is 11.7. The summed E-state index contributed by atoms with van der Waals surface area (Å²) in [7, 11) is -3.02. The van der Waals surface area contributed by atoms with Gasteiger partial charge in [-0.25, -0.2) is 0 Å². The zero-order valence-electron chi connectivity index (χ0n) is 23.1. The molecular weight excluding hydrogens is 509 g/mol. The fourth-order valence-corrected chi connectivity index (χ4v) is 53.9. The molecule has 0 aromatic rings. The van der Waals surface area contributed by atoms with E-state index in [2.05, 4.69) is 95.4 Å². The Morgan fingerprint density at radius 1 is 0.613 bits per heavy atom. The fraction of sp³-hybridized carbons (Fsp3) is 0.692. The van der Waals surface area contributed by atoms with Crippen LogP contribution in [0.1, 0.15) is 54.4 Å². The standard InChI is InChI=1S/2C12H22BSi.2CH3.Sn/c2*1-6-11-9-14(4,5)10-12(11)13(7-2)8-3;;;/h2*10H,6-8H2,1-5H3;2*1H3;. The minimum atomic E-state index is -2.70. The van der Waals surface area contributed by atoms with Gasteiger partial charge in [0.1, 0.15) is 0 Å². The summed E-state index contributed by atoms with van der Waals surface area (Å²) in [5.74, 6) is 0.